The second-order valence-corrected chi connectivity index (χ2v) is 14.5. The molecule has 12 atom stereocenters. The Labute approximate surface area is 211 Å². The molecule has 5 rings (SSSR count). The first-order chi connectivity index (χ1) is 16.2. The molecule has 198 valence electrons. The highest BCUT2D eigenvalue weighted by Gasteiger charge is 2.70. The van der Waals surface area contributed by atoms with Crippen molar-refractivity contribution in [1.82, 2.24) is 0 Å². The molecule has 0 spiro atoms. The average molecular weight is 489 g/mol. The Hall–Kier alpha value is -0.910. The van der Waals surface area contributed by atoms with Gasteiger partial charge in [-0.3, -0.25) is 4.79 Å². The fourth-order valence-corrected chi connectivity index (χ4v) is 11.0. The molecule has 4 N–H and O–H groups in total. The van der Waals surface area contributed by atoms with Crippen molar-refractivity contribution in [3.8, 4) is 0 Å². The maximum Gasteiger partial charge on any atom is 0.310 e. The zero-order valence-corrected chi connectivity index (χ0v) is 22.7. The average Bonchev–Trinajstić information content (AvgIpc) is 2.80. The molecule has 4 fully saturated rings. The van der Waals surface area contributed by atoms with Crippen molar-refractivity contribution in [3.63, 3.8) is 0 Å². The van der Waals surface area contributed by atoms with Crippen LogP contribution in [0.4, 0.5) is 0 Å². The Morgan fingerprint density at radius 2 is 1.69 bits per heavy atom. The molecular formula is C30H48O5. The van der Waals surface area contributed by atoms with Crippen molar-refractivity contribution in [2.45, 2.75) is 105 Å². The molecule has 0 heterocycles. The van der Waals surface area contributed by atoms with E-state index in [1.165, 1.54) is 5.57 Å². The van der Waals surface area contributed by atoms with E-state index >= 15 is 0 Å². The van der Waals surface area contributed by atoms with Gasteiger partial charge in [-0.25, -0.2) is 0 Å². The summed E-state index contributed by atoms with van der Waals surface area (Å²) in [7, 11) is 0. The fourth-order valence-electron chi connectivity index (χ4n) is 11.0. The van der Waals surface area contributed by atoms with E-state index in [-0.39, 0.29) is 34.7 Å². The predicted molar refractivity (Wildman–Crippen MR) is 135 cm³/mol. The minimum atomic E-state index is -0.907. The van der Waals surface area contributed by atoms with Crippen LogP contribution in [0.15, 0.2) is 11.6 Å². The molecule has 0 aromatic rings. The maximum atomic E-state index is 12.8. The third kappa shape index (κ3) is 2.95. The van der Waals surface area contributed by atoms with Gasteiger partial charge in [-0.2, -0.15) is 0 Å². The molecule has 35 heavy (non-hydrogen) atoms. The lowest BCUT2D eigenvalue weighted by atomic mass is 9.33. The summed E-state index contributed by atoms with van der Waals surface area (Å²) in [5.74, 6) is 0.828. The quantitative estimate of drug-likeness (QED) is 0.409. The number of aliphatic hydroxyl groups is 3. The Morgan fingerprint density at radius 3 is 2.31 bits per heavy atom. The Kier molecular flexibility index (Phi) is 5.73. The normalized spacial score (nSPS) is 57.7. The Bertz CT molecular complexity index is 930. The summed E-state index contributed by atoms with van der Waals surface area (Å²) in [6.45, 7) is 13.6. The van der Waals surface area contributed by atoms with E-state index in [1.54, 1.807) is 0 Å². The van der Waals surface area contributed by atoms with Crippen LogP contribution in [0.3, 0.4) is 0 Å². The molecule has 5 aliphatic carbocycles. The van der Waals surface area contributed by atoms with Gasteiger partial charge in [0.2, 0.25) is 0 Å². The first-order valence-corrected chi connectivity index (χ1v) is 14.1. The van der Waals surface area contributed by atoms with Crippen molar-refractivity contribution in [2.75, 3.05) is 6.61 Å². The SMILES string of the molecule is C[C@H]1[C@H](C)CC[C@]2(C(=O)O)CC[C@]3(C)C(=CC[C@@H]4[C@@]5(C)C[C@@H](O)[C@H](O)[C@](C)(CO)[C@H]5CC[C@]43C)[C@H]12. The number of carboxylic acids is 1. The fraction of sp³-hybridized carbons (Fsp3) is 0.900. The van der Waals surface area contributed by atoms with Crippen LogP contribution >= 0.6 is 0 Å². The molecule has 0 saturated heterocycles. The summed E-state index contributed by atoms with van der Waals surface area (Å²) in [6, 6.07) is 0. The van der Waals surface area contributed by atoms with Gasteiger partial charge in [0.15, 0.2) is 0 Å². The van der Waals surface area contributed by atoms with Crippen molar-refractivity contribution < 1.29 is 25.2 Å². The lowest BCUT2D eigenvalue weighted by Gasteiger charge is -2.71. The van der Waals surface area contributed by atoms with E-state index in [9.17, 15) is 25.2 Å². The van der Waals surface area contributed by atoms with Crippen LogP contribution in [0, 0.1) is 56.7 Å². The van der Waals surface area contributed by atoms with Gasteiger partial charge in [-0.05, 0) is 97.2 Å². The van der Waals surface area contributed by atoms with E-state index in [1.807, 2.05) is 6.92 Å². The van der Waals surface area contributed by atoms with Gasteiger partial charge >= 0.3 is 5.97 Å². The molecule has 5 aliphatic rings. The number of hydrogen-bond donors (Lipinski definition) is 4. The summed E-state index contributed by atoms with van der Waals surface area (Å²) >= 11 is 0. The molecule has 0 aromatic carbocycles. The zero-order chi connectivity index (χ0) is 25.8. The van der Waals surface area contributed by atoms with E-state index in [0.717, 1.165) is 44.9 Å². The standard InChI is InChI=1S/C30H48O5/c1-17-9-12-30(25(34)35)14-13-28(5)19(23(30)18(17)2)7-8-22-26(3)15-20(32)24(33)27(4,16-31)21(26)10-11-29(22,28)6/h7,17-18,20-24,31-33H,8-16H2,1-6H3,(H,34,35)/t17-,18+,20-,21+,22-,23+,24+,26+,27-,28-,29-,30+/m1/s1. The van der Waals surface area contributed by atoms with Crippen LogP contribution in [0.5, 0.6) is 0 Å². The smallest absolute Gasteiger partial charge is 0.310 e. The van der Waals surface area contributed by atoms with Crippen molar-refractivity contribution in [1.29, 1.82) is 0 Å². The number of aliphatic carboxylic acids is 1. The highest BCUT2D eigenvalue weighted by atomic mass is 16.4. The topological polar surface area (TPSA) is 98.0 Å². The molecular weight excluding hydrogens is 440 g/mol. The summed E-state index contributed by atoms with van der Waals surface area (Å²) in [5.41, 5.74) is -0.214. The molecule has 0 unspecified atom stereocenters. The number of carboxylic acid groups (broad SMARTS) is 1. The summed E-state index contributed by atoms with van der Waals surface area (Å²) < 4.78 is 0. The van der Waals surface area contributed by atoms with Crippen LogP contribution in [0.1, 0.15) is 92.9 Å². The van der Waals surface area contributed by atoms with Crippen LogP contribution in [-0.2, 0) is 4.79 Å². The molecule has 0 radical (unpaired) electrons. The van der Waals surface area contributed by atoms with E-state index < -0.39 is 29.0 Å². The van der Waals surface area contributed by atoms with Gasteiger partial charge < -0.3 is 20.4 Å². The number of aliphatic hydroxyl groups excluding tert-OH is 3. The predicted octanol–water partition coefficient (Wildman–Crippen LogP) is 5.03. The van der Waals surface area contributed by atoms with Gasteiger partial charge in [0, 0.05) is 5.41 Å². The number of allylic oxidation sites excluding steroid dienone is 2. The third-order valence-corrected chi connectivity index (χ3v) is 13.5. The summed E-state index contributed by atoms with van der Waals surface area (Å²) in [5, 5.41) is 42.9. The highest BCUT2D eigenvalue weighted by molar-refractivity contribution is 5.76. The van der Waals surface area contributed by atoms with Gasteiger partial charge in [-0.15, -0.1) is 0 Å². The lowest BCUT2D eigenvalue weighted by molar-refractivity contribution is -0.244. The van der Waals surface area contributed by atoms with E-state index in [2.05, 4.69) is 40.7 Å². The first kappa shape index (κ1) is 25.7. The van der Waals surface area contributed by atoms with Crippen molar-refractivity contribution in [2.24, 2.45) is 56.7 Å². The van der Waals surface area contributed by atoms with Crippen molar-refractivity contribution in [3.05, 3.63) is 11.6 Å². The number of rotatable bonds is 2. The monoisotopic (exact) mass is 488 g/mol. The Balaban J connectivity index is 1.62. The van der Waals surface area contributed by atoms with E-state index in [0.29, 0.717) is 24.2 Å². The van der Waals surface area contributed by atoms with Crippen LogP contribution < -0.4 is 0 Å². The molecule has 0 amide bonds. The van der Waals surface area contributed by atoms with Gasteiger partial charge in [-0.1, -0.05) is 53.2 Å². The zero-order valence-electron chi connectivity index (χ0n) is 22.7. The maximum absolute atomic E-state index is 12.8. The second kappa shape index (κ2) is 7.80. The van der Waals surface area contributed by atoms with Gasteiger partial charge in [0.1, 0.15) is 0 Å². The minimum Gasteiger partial charge on any atom is -0.481 e. The highest BCUT2D eigenvalue weighted by Crippen LogP contribution is 2.75. The summed E-state index contributed by atoms with van der Waals surface area (Å²) in [6.07, 6.45) is 7.51. The molecule has 4 saturated carbocycles. The lowest BCUT2D eigenvalue weighted by Crippen LogP contribution is -2.68. The second-order valence-electron chi connectivity index (χ2n) is 14.5. The van der Waals surface area contributed by atoms with Crippen LogP contribution in [0.2, 0.25) is 0 Å². The minimum absolute atomic E-state index is 0.00815. The van der Waals surface area contributed by atoms with Crippen LogP contribution in [0.25, 0.3) is 0 Å². The van der Waals surface area contributed by atoms with Gasteiger partial charge in [0.25, 0.3) is 0 Å². The number of hydrogen-bond acceptors (Lipinski definition) is 4. The van der Waals surface area contributed by atoms with Gasteiger partial charge in [0.05, 0.1) is 24.2 Å². The number of carbonyl (C=O) groups is 1. The molecule has 5 heteroatoms. The molecule has 0 bridgehead atoms. The Morgan fingerprint density at radius 1 is 1.00 bits per heavy atom. The molecule has 0 aliphatic heterocycles. The molecule has 5 nitrogen and oxygen atoms in total. The largest absolute Gasteiger partial charge is 0.481 e. The first-order valence-electron chi connectivity index (χ1n) is 14.1. The number of fused-ring (bicyclic) bond motifs is 7. The van der Waals surface area contributed by atoms with Crippen LogP contribution in [-0.4, -0.2) is 45.2 Å². The third-order valence-electron chi connectivity index (χ3n) is 13.5. The van der Waals surface area contributed by atoms with Crippen molar-refractivity contribution >= 4 is 5.97 Å². The summed E-state index contributed by atoms with van der Waals surface area (Å²) in [4.78, 5) is 12.8. The van der Waals surface area contributed by atoms with E-state index in [4.69, 9.17) is 0 Å². The molecule has 0 aromatic heterocycles.